The first-order chi connectivity index (χ1) is 9.81. The van der Waals surface area contributed by atoms with Gasteiger partial charge in [-0.25, -0.2) is 4.79 Å². The molecule has 0 aromatic heterocycles. The fourth-order valence-corrected chi connectivity index (χ4v) is 3.50. The van der Waals surface area contributed by atoms with Crippen molar-refractivity contribution in [2.45, 2.75) is 53.1 Å². The molecule has 21 heavy (non-hydrogen) atoms. The number of quaternary nitrogens is 1. The summed E-state index contributed by atoms with van der Waals surface area (Å²) in [6.45, 7) is 12.4. The molecule has 2 N–H and O–H groups in total. The Hall–Kier alpha value is -1.35. The quantitative estimate of drug-likeness (QED) is 0.869. The highest BCUT2D eigenvalue weighted by Gasteiger charge is 2.36. The number of nitrogens with two attached hydrogens (primary N) is 1. The van der Waals surface area contributed by atoms with E-state index >= 15 is 0 Å². The van der Waals surface area contributed by atoms with E-state index in [2.05, 4.69) is 26.1 Å². The molecule has 0 amide bonds. The lowest BCUT2D eigenvalue weighted by Crippen LogP contribution is -2.86. The van der Waals surface area contributed by atoms with Crippen LogP contribution in [-0.4, -0.2) is 24.7 Å². The molecule has 1 fully saturated rings. The number of rotatable bonds is 3. The Balaban J connectivity index is 2.17. The van der Waals surface area contributed by atoms with Crippen molar-refractivity contribution in [3.8, 4) is 0 Å². The van der Waals surface area contributed by atoms with Crippen molar-refractivity contribution in [2.24, 2.45) is 5.92 Å². The maximum absolute atomic E-state index is 12.6. The first-order valence-corrected chi connectivity index (χ1v) is 7.94. The predicted molar refractivity (Wildman–Crippen MR) is 84.5 cm³/mol. The van der Waals surface area contributed by atoms with Crippen molar-refractivity contribution in [2.75, 3.05) is 13.1 Å². The molecule has 3 nitrogen and oxygen atoms in total. The number of benzene rings is 1. The molecule has 1 aromatic carbocycles. The number of hydrogen-bond acceptors (Lipinski definition) is 2. The first kappa shape index (κ1) is 16.0. The minimum absolute atomic E-state index is 0.176. The van der Waals surface area contributed by atoms with Gasteiger partial charge in [0.25, 0.3) is 0 Å². The van der Waals surface area contributed by atoms with Crippen LogP contribution in [0.1, 0.15) is 53.7 Å². The zero-order valence-electron chi connectivity index (χ0n) is 14.0. The summed E-state index contributed by atoms with van der Waals surface area (Å²) in [7, 11) is 0. The van der Waals surface area contributed by atoms with Crippen LogP contribution >= 0.6 is 0 Å². The highest BCUT2D eigenvalue weighted by atomic mass is 16.6. The maximum Gasteiger partial charge on any atom is 0.339 e. The second kappa shape index (κ2) is 6.18. The lowest BCUT2D eigenvalue weighted by molar-refractivity contribution is -0.665. The Bertz CT molecular complexity index is 505. The number of piperidine rings is 1. The molecule has 0 atom stereocenters. The number of esters is 1. The summed E-state index contributed by atoms with van der Waals surface area (Å²) in [6.07, 6.45) is 2.23. The molecule has 1 saturated heterocycles. The molecule has 116 valence electrons. The molecule has 1 heterocycles. The van der Waals surface area contributed by atoms with Gasteiger partial charge >= 0.3 is 5.97 Å². The number of carbonyl (C=O) groups excluding carboxylic acids is 1. The zero-order chi connectivity index (χ0) is 15.6. The Kier molecular flexibility index (Phi) is 4.72. The fraction of sp³-hybridized carbons (Fsp3) is 0.611. The summed E-state index contributed by atoms with van der Waals surface area (Å²) in [5, 5.41) is 2.34. The van der Waals surface area contributed by atoms with Crippen molar-refractivity contribution >= 4 is 5.97 Å². The summed E-state index contributed by atoms with van der Waals surface area (Å²) in [5.74, 6) is 0.280. The topological polar surface area (TPSA) is 42.9 Å². The molecule has 0 radical (unpaired) electrons. The molecule has 3 heteroatoms. The van der Waals surface area contributed by atoms with E-state index < -0.39 is 5.60 Å². The van der Waals surface area contributed by atoms with E-state index in [9.17, 15) is 4.79 Å². The van der Waals surface area contributed by atoms with E-state index in [0.29, 0.717) is 5.92 Å². The van der Waals surface area contributed by atoms with E-state index in [0.717, 1.165) is 42.6 Å². The standard InChI is InChI=1S/C18H27NO2/c1-12-10-13(2)16(14(3)11-12)17(20)21-18(4,5)15-6-8-19-9-7-15/h10-11,15,19H,6-9H2,1-5H3/p+1. The first-order valence-electron chi connectivity index (χ1n) is 7.94. The maximum atomic E-state index is 12.6. The van der Waals surface area contributed by atoms with Crippen LogP contribution < -0.4 is 5.32 Å². The van der Waals surface area contributed by atoms with Crippen LogP contribution in [0.4, 0.5) is 0 Å². The molecule has 2 rings (SSSR count). The molecule has 0 aliphatic carbocycles. The summed E-state index contributed by atoms with van der Waals surface area (Å²) < 4.78 is 5.91. The van der Waals surface area contributed by atoms with Gasteiger partial charge in [-0.05, 0) is 45.7 Å². The van der Waals surface area contributed by atoms with E-state index in [-0.39, 0.29) is 5.97 Å². The van der Waals surface area contributed by atoms with Gasteiger partial charge in [-0.2, -0.15) is 0 Å². The molecule has 1 aromatic rings. The number of carbonyl (C=O) groups is 1. The molecule has 1 aliphatic heterocycles. The number of ether oxygens (including phenoxy) is 1. The van der Waals surface area contributed by atoms with E-state index in [1.807, 2.05) is 26.0 Å². The molecule has 0 saturated carbocycles. The van der Waals surface area contributed by atoms with Gasteiger partial charge in [0.2, 0.25) is 0 Å². The summed E-state index contributed by atoms with van der Waals surface area (Å²) in [5.41, 5.74) is 3.53. The minimum atomic E-state index is -0.394. The third kappa shape index (κ3) is 3.65. The van der Waals surface area contributed by atoms with Crippen molar-refractivity contribution in [1.29, 1.82) is 0 Å². The zero-order valence-corrected chi connectivity index (χ0v) is 14.0. The van der Waals surface area contributed by atoms with Gasteiger partial charge < -0.3 is 10.1 Å². The largest absolute Gasteiger partial charge is 0.456 e. The Labute approximate surface area is 128 Å². The van der Waals surface area contributed by atoms with Crippen molar-refractivity contribution in [1.82, 2.24) is 0 Å². The Morgan fingerprint density at radius 1 is 1.14 bits per heavy atom. The highest BCUT2D eigenvalue weighted by molar-refractivity contribution is 5.93. The van der Waals surface area contributed by atoms with Gasteiger partial charge in [-0.15, -0.1) is 0 Å². The average molecular weight is 290 g/mol. The lowest BCUT2D eigenvalue weighted by Gasteiger charge is -2.35. The van der Waals surface area contributed by atoms with Crippen LogP contribution in [0.5, 0.6) is 0 Å². The monoisotopic (exact) mass is 290 g/mol. The van der Waals surface area contributed by atoms with Crippen LogP contribution in [0, 0.1) is 26.7 Å². The Morgan fingerprint density at radius 3 is 2.19 bits per heavy atom. The molecule has 0 unspecified atom stereocenters. The van der Waals surface area contributed by atoms with Gasteiger partial charge in [-0.1, -0.05) is 17.7 Å². The van der Waals surface area contributed by atoms with Crippen molar-refractivity contribution in [3.05, 3.63) is 34.4 Å². The number of hydrogen-bond donors (Lipinski definition) is 1. The predicted octanol–water partition coefficient (Wildman–Crippen LogP) is 2.52. The Morgan fingerprint density at radius 2 is 1.67 bits per heavy atom. The third-order valence-electron chi connectivity index (χ3n) is 4.66. The van der Waals surface area contributed by atoms with Crippen molar-refractivity contribution in [3.63, 3.8) is 0 Å². The molecule has 1 aliphatic rings. The van der Waals surface area contributed by atoms with Gasteiger partial charge in [0.15, 0.2) is 0 Å². The molecule has 0 spiro atoms. The second-order valence-corrected chi connectivity index (χ2v) is 6.91. The normalized spacial score (nSPS) is 16.8. The summed E-state index contributed by atoms with van der Waals surface area (Å²) >= 11 is 0. The highest BCUT2D eigenvalue weighted by Crippen LogP contribution is 2.30. The van der Waals surface area contributed by atoms with E-state index in [1.165, 1.54) is 5.56 Å². The van der Waals surface area contributed by atoms with Crippen molar-refractivity contribution < 1.29 is 14.8 Å². The lowest BCUT2D eigenvalue weighted by atomic mass is 9.83. The summed E-state index contributed by atoms with van der Waals surface area (Å²) in [6, 6.07) is 4.10. The molecule has 0 bridgehead atoms. The summed E-state index contributed by atoms with van der Waals surface area (Å²) in [4.78, 5) is 12.6. The van der Waals surface area contributed by atoms with Crippen LogP contribution in [0.15, 0.2) is 12.1 Å². The minimum Gasteiger partial charge on any atom is -0.456 e. The SMILES string of the molecule is Cc1cc(C)c(C(=O)OC(C)(C)C2CC[NH2+]CC2)c(C)c1. The van der Waals surface area contributed by atoms with Gasteiger partial charge in [0, 0.05) is 18.8 Å². The van der Waals surface area contributed by atoms with Gasteiger partial charge in [0.05, 0.1) is 18.7 Å². The van der Waals surface area contributed by atoms with Crippen LogP contribution in [-0.2, 0) is 4.74 Å². The van der Waals surface area contributed by atoms with E-state index in [1.54, 1.807) is 0 Å². The average Bonchev–Trinajstić information content (AvgIpc) is 2.37. The van der Waals surface area contributed by atoms with Crippen LogP contribution in [0.3, 0.4) is 0 Å². The van der Waals surface area contributed by atoms with E-state index in [4.69, 9.17) is 4.74 Å². The fourth-order valence-electron chi connectivity index (χ4n) is 3.50. The smallest absolute Gasteiger partial charge is 0.339 e. The van der Waals surface area contributed by atoms with Gasteiger partial charge in [0.1, 0.15) is 5.60 Å². The van der Waals surface area contributed by atoms with Crippen LogP contribution in [0.2, 0.25) is 0 Å². The number of aryl methyl sites for hydroxylation is 3. The van der Waals surface area contributed by atoms with Gasteiger partial charge in [-0.3, -0.25) is 0 Å². The molecular formula is C18H28NO2+. The molecular weight excluding hydrogens is 262 g/mol. The van der Waals surface area contributed by atoms with Crippen LogP contribution in [0.25, 0.3) is 0 Å². The second-order valence-electron chi connectivity index (χ2n) is 6.91. The third-order valence-corrected chi connectivity index (χ3v) is 4.66.